The number of aromatic hydroxyl groups is 1. The molecule has 6 nitrogen and oxygen atoms in total. The van der Waals surface area contributed by atoms with E-state index in [0.29, 0.717) is 24.6 Å². The molecule has 0 saturated carbocycles. The lowest BCUT2D eigenvalue weighted by Gasteiger charge is -2.40. The number of ether oxygens (including phenoxy) is 2. The lowest BCUT2D eigenvalue weighted by molar-refractivity contribution is -0.131. The van der Waals surface area contributed by atoms with Crippen molar-refractivity contribution >= 4 is 5.91 Å². The van der Waals surface area contributed by atoms with Gasteiger partial charge in [0.25, 0.3) is 5.91 Å². The highest BCUT2D eigenvalue weighted by atomic mass is 16.6. The SMILES string of the molecule is O=C(C1=COc2cc(O)ccc2O1)N1CCN(C(c2ccccc2)c2ccccc2)CC1. The minimum absolute atomic E-state index is 0.0815. The fraction of sp³-hybridized carbons (Fsp3) is 0.192. The zero-order valence-corrected chi connectivity index (χ0v) is 17.6. The molecule has 1 amide bonds. The summed E-state index contributed by atoms with van der Waals surface area (Å²) in [6, 6.07) is 25.6. The highest BCUT2D eigenvalue weighted by Gasteiger charge is 2.31. The van der Waals surface area contributed by atoms with Gasteiger partial charge >= 0.3 is 0 Å². The fourth-order valence-electron chi connectivity index (χ4n) is 4.25. The van der Waals surface area contributed by atoms with Crippen LogP contribution in [-0.4, -0.2) is 47.0 Å². The van der Waals surface area contributed by atoms with Crippen LogP contribution in [0.3, 0.4) is 0 Å². The van der Waals surface area contributed by atoms with Crippen LogP contribution in [-0.2, 0) is 4.79 Å². The van der Waals surface area contributed by atoms with Gasteiger partial charge in [0.15, 0.2) is 11.5 Å². The summed E-state index contributed by atoms with van der Waals surface area (Å²) in [7, 11) is 0. The third-order valence-corrected chi connectivity index (χ3v) is 5.85. The maximum atomic E-state index is 13.0. The molecule has 0 radical (unpaired) electrons. The van der Waals surface area contributed by atoms with Gasteiger partial charge in [0.05, 0.1) is 6.04 Å². The van der Waals surface area contributed by atoms with Crippen molar-refractivity contribution in [1.29, 1.82) is 0 Å². The number of hydrogen-bond donors (Lipinski definition) is 1. The average Bonchev–Trinajstić information content (AvgIpc) is 2.85. The van der Waals surface area contributed by atoms with Crippen LogP contribution in [0.25, 0.3) is 0 Å². The molecule has 1 N–H and O–H groups in total. The van der Waals surface area contributed by atoms with Gasteiger partial charge in [-0.15, -0.1) is 0 Å². The van der Waals surface area contributed by atoms with Gasteiger partial charge in [-0.25, -0.2) is 0 Å². The molecule has 3 aromatic rings. The number of piperazine rings is 1. The minimum Gasteiger partial charge on any atom is -0.508 e. The first-order valence-corrected chi connectivity index (χ1v) is 10.7. The highest BCUT2D eigenvalue weighted by Crippen LogP contribution is 2.36. The summed E-state index contributed by atoms with van der Waals surface area (Å²) in [5.74, 6) is 0.845. The maximum absolute atomic E-state index is 13.0. The largest absolute Gasteiger partial charge is 0.508 e. The lowest BCUT2D eigenvalue weighted by Crippen LogP contribution is -2.50. The van der Waals surface area contributed by atoms with Gasteiger partial charge < -0.3 is 19.5 Å². The molecule has 0 spiro atoms. The maximum Gasteiger partial charge on any atom is 0.292 e. The van der Waals surface area contributed by atoms with Gasteiger partial charge in [-0.2, -0.15) is 0 Å². The Kier molecular flexibility index (Phi) is 5.52. The van der Waals surface area contributed by atoms with Crippen LogP contribution in [0.2, 0.25) is 0 Å². The second-order valence-electron chi connectivity index (χ2n) is 7.89. The number of fused-ring (bicyclic) bond motifs is 1. The molecule has 0 aromatic heterocycles. The molecule has 162 valence electrons. The Morgan fingerprint density at radius 1 is 0.812 bits per heavy atom. The second kappa shape index (κ2) is 8.77. The summed E-state index contributed by atoms with van der Waals surface area (Å²) in [6.45, 7) is 2.69. The molecule has 2 heterocycles. The number of nitrogens with zero attached hydrogens (tertiary/aromatic N) is 2. The molecule has 32 heavy (non-hydrogen) atoms. The number of hydrogen-bond acceptors (Lipinski definition) is 5. The number of rotatable bonds is 4. The first-order chi connectivity index (χ1) is 15.7. The van der Waals surface area contributed by atoms with Crippen LogP contribution in [0.4, 0.5) is 0 Å². The molecule has 2 aliphatic heterocycles. The summed E-state index contributed by atoms with van der Waals surface area (Å²) < 4.78 is 11.2. The molecule has 5 rings (SSSR count). The predicted octanol–water partition coefficient (Wildman–Crippen LogP) is 3.94. The fourth-order valence-corrected chi connectivity index (χ4v) is 4.25. The molecule has 3 aromatic carbocycles. The van der Waals surface area contributed by atoms with E-state index in [9.17, 15) is 9.90 Å². The van der Waals surface area contributed by atoms with Gasteiger partial charge in [0, 0.05) is 32.2 Å². The van der Waals surface area contributed by atoms with Crippen LogP contribution in [0.1, 0.15) is 17.2 Å². The van der Waals surface area contributed by atoms with Crippen LogP contribution < -0.4 is 9.47 Å². The van der Waals surface area contributed by atoms with Gasteiger partial charge in [-0.3, -0.25) is 9.69 Å². The van der Waals surface area contributed by atoms with Crippen molar-refractivity contribution in [1.82, 2.24) is 9.80 Å². The van der Waals surface area contributed by atoms with E-state index in [1.54, 1.807) is 11.0 Å². The highest BCUT2D eigenvalue weighted by molar-refractivity contribution is 5.92. The minimum atomic E-state index is -0.195. The molecule has 6 heteroatoms. The Morgan fingerprint density at radius 2 is 1.44 bits per heavy atom. The van der Waals surface area contributed by atoms with E-state index in [4.69, 9.17) is 9.47 Å². The van der Waals surface area contributed by atoms with E-state index < -0.39 is 0 Å². The summed E-state index contributed by atoms with van der Waals surface area (Å²) in [5, 5.41) is 9.57. The molecule has 0 aliphatic carbocycles. The Balaban J connectivity index is 1.28. The van der Waals surface area contributed by atoms with E-state index in [1.807, 2.05) is 12.1 Å². The van der Waals surface area contributed by atoms with Crippen LogP contribution in [0.5, 0.6) is 17.2 Å². The van der Waals surface area contributed by atoms with E-state index in [2.05, 4.69) is 53.4 Å². The van der Waals surface area contributed by atoms with Crippen molar-refractivity contribution in [3.8, 4) is 17.2 Å². The molecule has 1 fully saturated rings. The van der Waals surface area contributed by atoms with Crippen LogP contribution in [0, 0.1) is 0 Å². The van der Waals surface area contributed by atoms with Crippen molar-refractivity contribution in [2.24, 2.45) is 0 Å². The summed E-state index contributed by atoms with van der Waals surface area (Å²) in [5.41, 5.74) is 2.48. The number of phenolic OH excluding ortho intramolecular Hbond substituents is 1. The third-order valence-electron chi connectivity index (χ3n) is 5.85. The summed E-state index contributed by atoms with van der Waals surface area (Å²) >= 11 is 0. The van der Waals surface area contributed by atoms with Gasteiger partial charge in [0.1, 0.15) is 12.0 Å². The topological polar surface area (TPSA) is 62.2 Å². The van der Waals surface area contributed by atoms with Crippen molar-refractivity contribution < 1.29 is 19.4 Å². The van der Waals surface area contributed by atoms with E-state index >= 15 is 0 Å². The number of carbonyl (C=O) groups excluding carboxylic acids is 1. The van der Waals surface area contributed by atoms with Crippen molar-refractivity contribution in [2.45, 2.75) is 6.04 Å². The molecule has 0 bridgehead atoms. The predicted molar refractivity (Wildman–Crippen MR) is 120 cm³/mol. The van der Waals surface area contributed by atoms with Crippen molar-refractivity contribution in [3.05, 3.63) is 102 Å². The zero-order valence-electron chi connectivity index (χ0n) is 17.6. The smallest absolute Gasteiger partial charge is 0.292 e. The van der Waals surface area contributed by atoms with Gasteiger partial charge in [0.2, 0.25) is 5.76 Å². The number of amides is 1. The molecular formula is C26H24N2O4. The molecule has 1 saturated heterocycles. The third kappa shape index (κ3) is 4.05. The van der Waals surface area contributed by atoms with E-state index in [0.717, 1.165) is 13.1 Å². The molecule has 0 unspecified atom stereocenters. The Labute approximate surface area is 186 Å². The molecule has 0 atom stereocenters. The number of phenols is 1. The Bertz CT molecular complexity index is 1080. The Morgan fingerprint density at radius 3 is 2.06 bits per heavy atom. The Hall–Kier alpha value is -3.77. The van der Waals surface area contributed by atoms with Gasteiger partial charge in [-0.1, -0.05) is 60.7 Å². The average molecular weight is 428 g/mol. The van der Waals surface area contributed by atoms with Gasteiger partial charge in [-0.05, 0) is 23.3 Å². The van der Waals surface area contributed by atoms with Crippen LogP contribution >= 0.6 is 0 Å². The second-order valence-corrected chi connectivity index (χ2v) is 7.89. The first-order valence-electron chi connectivity index (χ1n) is 10.7. The monoisotopic (exact) mass is 428 g/mol. The summed E-state index contributed by atoms with van der Waals surface area (Å²) in [6.07, 6.45) is 1.31. The number of benzene rings is 3. The van der Waals surface area contributed by atoms with Crippen molar-refractivity contribution in [3.63, 3.8) is 0 Å². The zero-order chi connectivity index (χ0) is 21.9. The first kappa shape index (κ1) is 20.2. The van der Waals surface area contributed by atoms with E-state index in [-0.39, 0.29) is 23.5 Å². The normalized spacial score (nSPS) is 16.0. The molecular weight excluding hydrogens is 404 g/mol. The number of carbonyl (C=O) groups is 1. The van der Waals surface area contributed by atoms with E-state index in [1.165, 1.54) is 29.5 Å². The molecule has 2 aliphatic rings. The standard InChI is InChI=1S/C26H24N2O4/c29-21-11-12-22-23(17-21)31-18-24(32-22)26(30)28-15-13-27(14-16-28)25(19-7-3-1-4-8-19)20-9-5-2-6-10-20/h1-12,17-18,25,29H,13-16H2. The van der Waals surface area contributed by atoms with Crippen molar-refractivity contribution in [2.75, 3.05) is 26.2 Å². The lowest BCUT2D eigenvalue weighted by atomic mass is 9.96. The summed E-state index contributed by atoms with van der Waals surface area (Å²) in [4.78, 5) is 17.2. The quantitative estimate of drug-likeness (QED) is 0.682. The van der Waals surface area contributed by atoms with Crippen LogP contribution in [0.15, 0.2) is 90.9 Å².